The number of hydrogen-bond donors (Lipinski definition) is 2. The zero-order valence-electron chi connectivity index (χ0n) is 13.2. The minimum absolute atomic E-state index is 0.151. The molecule has 1 aliphatic heterocycles. The maximum Gasteiger partial charge on any atom is 0.160 e. The molecule has 3 rings (SSSR count). The molecule has 0 radical (unpaired) electrons. The number of β-amino-alcohol motifs (C(OH)–C–C–N with tert-alkyl or cyclic N) is 1. The molecule has 0 spiro atoms. The lowest BCUT2D eigenvalue weighted by atomic mass is 9.97. The molecule has 1 aromatic carbocycles. The van der Waals surface area contributed by atoms with Gasteiger partial charge in [0.1, 0.15) is 0 Å². The minimum Gasteiger partial charge on any atom is -0.504 e. The highest BCUT2D eigenvalue weighted by Crippen LogP contribution is 2.28. The molecular formula is C18H22N2O3. The second-order valence-corrected chi connectivity index (χ2v) is 6.09. The van der Waals surface area contributed by atoms with E-state index in [2.05, 4.69) is 9.88 Å². The number of benzene rings is 1. The Morgan fingerprint density at radius 2 is 1.96 bits per heavy atom. The Balaban J connectivity index is 1.61. The fourth-order valence-corrected chi connectivity index (χ4v) is 3.18. The van der Waals surface area contributed by atoms with Crippen LogP contribution in [0.5, 0.6) is 11.5 Å². The van der Waals surface area contributed by atoms with Crippen molar-refractivity contribution in [3.63, 3.8) is 0 Å². The van der Waals surface area contributed by atoms with E-state index in [0.717, 1.165) is 18.5 Å². The van der Waals surface area contributed by atoms with Gasteiger partial charge in [0.25, 0.3) is 0 Å². The molecule has 0 unspecified atom stereocenters. The number of pyridine rings is 1. The zero-order valence-corrected chi connectivity index (χ0v) is 13.2. The lowest BCUT2D eigenvalue weighted by molar-refractivity contribution is 0.141. The third-order valence-electron chi connectivity index (χ3n) is 4.38. The number of phenolic OH excluding ortho intramolecular Hbond substituents is 1. The van der Waals surface area contributed by atoms with Gasteiger partial charge in [-0.2, -0.15) is 0 Å². The zero-order chi connectivity index (χ0) is 16.2. The Morgan fingerprint density at radius 3 is 2.65 bits per heavy atom. The van der Waals surface area contributed by atoms with Gasteiger partial charge in [0.15, 0.2) is 11.5 Å². The molecular weight excluding hydrogens is 292 g/mol. The highest BCUT2D eigenvalue weighted by atomic mass is 16.5. The fraction of sp³-hybridized carbons (Fsp3) is 0.389. The van der Waals surface area contributed by atoms with Gasteiger partial charge in [-0.1, -0.05) is 6.07 Å². The van der Waals surface area contributed by atoms with Crippen LogP contribution in [-0.4, -0.2) is 46.4 Å². The van der Waals surface area contributed by atoms with Crippen LogP contribution in [0.25, 0.3) is 0 Å². The molecule has 122 valence electrons. The van der Waals surface area contributed by atoms with Crippen LogP contribution in [0.2, 0.25) is 0 Å². The van der Waals surface area contributed by atoms with Crippen molar-refractivity contribution in [2.24, 2.45) is 5.92 Å². The highest BCUT2D eigenvalue weighted by Gasteiger charge is 2.31. The topological polar surface area (TPSA) is 65.8 Å². The largest absolute Gasteiger partial charge is 0.504 e. The lowest BCUT2D eigenvalue weighted by Gasteiger charge is -2.16. The number of hydrogen-bond acceptors (Lipinski definition) is 5. The summed E-state index contributed by atoms with van der Waals surface area (Å²) in [5, 5.41) is 20.2. The maximum absolute atomic E-state index is 10.3. The second kappa shape index (κ2) is 6.98. The van der Waals surface area contributed by atoms with Gasteiger partial charge in [0.05, 0.1) is 13.2 Å². The fourth-order valence-electron chi connectivity index (χ4n) is 3.18. The van der Waals surface area contributed by atoms with Crippen molar-refractivity contribution in [3.8, 4) is 11.5 Å². The molecule has 1 fully saturated rings. The van der Waals surface area contributed by atoms with Crippen molar-refractivity contribution in [1.82, 2.24) is 9.88 Å². The summed E-state index contributed by atoms with van der Waals surface area (Å²) in [7, 11) is 1.54. The number of aliphatic hydroxyl groups is 1. The summed E-state index contributed by atoms with van der Waals surface area (Å²) in [5.41, 5.74) is 2.22. The maximum atomic E-state index is 10.3. The summed E-state index contributed by atoms with van der Waals surface area (Å²) < 4.78 is 5.06. The predicted molar refractivity (Wildman–Crippen MR) is 87.4 cm³/mol. The summed E-state index contributed by atoms with van der Waals surface area (Å²) in [6, 6.07) is 9.43. The first-order valence-corrected chi connectivity index (χ1v) is 7.81. The molecule has 5 nitrogen and oxygen atoms in total. The number of phenols is 1. The van der Waals surface area contributed by atoms with E-state index in [1.807, 2.05) is 18.2 Å². The number of likely N-dealkylation sites (tertiary alicyclic amines) is 1. The van der Waals surface area contributed by atoms with Crippen LogP contribution in [0.3, 0.4) is 0 Å². The molecule has 0 saturated carbocycles. The van der Waals surface area contributed by atoms with E-state index < -0.39 is 0 Å². The molecule has 0 bridgehead atoms. The van der Waals surface area contributed by atoms with Gasteiger partial charge in [-0.05, 0) is 41.8 Å². The van der Waals surface area contributed by atoms with Crippen molar-refractivity contribution < 1.29 is 14.9 Å². The van der Waals surface area contributed by atoms with Crippen molar-refractivity contribution in [2.45, 2.75) is 19.1 Å². The second-order valence-electron chi connectivity index (χ2n) is 6.09. The number of aliphatic hydroxyl groups excluding tert-OH is 1. The van der Waals surface area contributed by atoms with Crippen LogP contribution < -0.4 is 4.74 Å². The molecule has 2 N–H and O–H groups in total. The van der Waals surface area contributed by atoms with Crippen LogP contribution in [0.1, 0.15) is 11.1 Å². The Hall–Kier alpha value is -2.11. The highest BCUT2D eigenvalue weighted by molar-refractivity contribution is 5.41. The van der Waals surface area contributed by atoms with Gasteiger partial charge >= 0.3 is 0 Å². The van der Waals surface area contributed by atoms with E-state index in [1.165, 1.54) is 12.7 Å². The molecule has 2 heterocycles. The SMILES string of the molecule is COc1ccc(CN2C[C@@H](Cc3ccncc3)[C@@H](O)C2)cc1O. The summed E-state index contributed by atoms with van der Waals surface area (Å²) in [6.07, 6.45) is 4.10. The summed E-state index contributed by atoms with van der Waals surface area (Å²) in [5.74, 6) is 0.855. The quantitative estimate of drug-likeness (QED) is 0.881. The molecule has 2 atom stereocenters. The first-order valence-electron chi connectivity index (χ1n) is 7.81. The number of aromatic nitrogens is 1. The number of nitrogens with zero attached hydrogens (tertiary/aromatic N) is 2. The third kappa shape index (κ3) is 3.81. The van der Waals surface area contributed by atoms with Crippen LogP contribution >= 0.6 is 0 Å². The summed E-state index contributed by atoms with van der Waals surface area (Å²) in [6.45, 7) is 2.21. The minimum atomic E-state index is -0.324. The van der Waals surface area contributed by atoms with E-state index in [4.69, 9.17) is 4.74 Å². The molecule has 2 aromatic rings. The Kier molecular flexibility index (Phi) is 4.79. The Bertz CT molecular complexity index is 648. The number of methoxy groups -OCH3 is 1. The molecule has 0 amide bonds. The average Bonchev–Trinajstić information content (AvgIpc) is 2.88. The third-order valence-corrected chi connectivity index (χ3v) is 4.38. The first-order chi connectivity index (χ1) is 11.2. The molecule has 5 heteroatoms. The number of rotatable bonds is 5. The van der Waals surface area contributed by atoms with Crippen molar-refractivity contribution in [3.05, 3.63) is 53.9 Å². The van der Waals surface area contributed by atoms with Gasteiger partial charge in [0, 0.05) is 37.9 Å². The Labute approximate surface area is 136 Å². The van der Waals surface area contributed by atoms with E-state index in [-0.39, 0.29) is 17.8 Å². The molecule has 23 heavy (non-hydrogen) atoms. The van der Waals surface area contributed by atoms with E-state index in [1.54, 1.807) is 24.5 Å². The van der Waals surface area contributed by atoms with E-state index >= 15 is 0 Å². The predicted octanol–water partition coefficient (Wildman–Crippen LogP) is 1.83. The molecule has 0 aliphatic carbocycles. The van der Waals surface area contributed by atoms with Crippen molar-refractivity contribution in [2.75, 3.05) is 20.2 Å². The van der Waals surface area contributed by atoms with Crippen molar-refractivity contribution in [1.29, 1.82) is 0 Å². The van der Waals surface area contributed by atoms with Crippen LogP contribution in [0, 0.1) is 5.92 Å². The number of aromatic hydroxyl groups is 1. The average molecular weight is 314 g/mol. The van der Waals surface area contributed by atoms with Crippen LogP contribution in [0.4, 0.5) is 0 Å². The summed E-state index contributed by atoms with van der Waals surface area (Å²) >= 11 is 0. The van der Waals surface area contributed by atoms with E-state index in [9.17, 15) is 10.2 Å². The van der Waals surface area contributed by atoms with Gasteiger partial charge < -0.3 is 14.9 Å². The molecule has 1 saturated heterocycles. The lowest BCUT2D eigenvalue weighted by Crippen LogP contribution is -2.21. The number of ether oxygens (including phenoxy) is 1. The van der Waals surface area contributed by atoms with E-state index in [0.29, 0.717) is 18.8 Å². The van der Waals surface area contributed by atoms with Crippen molar-refractivity contribution >= 4 is 0 Å². The van der Waals surface area contributed by atoms with Gasteiger partial charge in [0.2, 0.25) is 0 Å². The molecule has 1 aliphatic rings. The summed E-state index contributed by atoms with van der Waals surface area (Å²) in [4.78, 5) is 6.25. The normalized spacial score (nSPS) is 21.5. The van der Waals surface area contributed by atoms with Gasteiger partial charge in [-0.3, -0.25) is 9.88 Å². The van der Waals surface area contributed by atoms with Gasteiger partial charge in [-0.15, -0.1) is 0 Å². The molecule has 1 aromatic heterocycles. The Morgan fingerprint density at radius 1 is 1.17 bits per heavy atom. The monoisotopic (exact) mass is 314 g/mol. The first kappa shape index (κ1) is 15.8. The standard InChI is InChI=1S/C18H22N2O3/c1-23-18-3-2-14(9-16(18)21)10-20-11-15(17(22)12-20)8-13-4-6-19-7-5-13/h2-7,9,15,17,21-22H,8,10-12H2,1H3/t15-,17+/m1/s1. The van der Waals surface area contributed by atoms with Crippen LogP contribution in [-0.2, 0) is 13.0 Å². The van der Waals surface area contributed by atoms with Gasteiger partial charge in [-0.25, -0.2) is 0 Å². The smallest absolute Gasteiger partial charge is 0.160 e. The van der Waals surface area contributed by atoms with Crippen LogP contribution in [0.15, 0.2) is 42.7 Å².